The smallest absolute Gasteiger partial charge is 0.345 e. The summed E-state index contributed by atoms with van der Waals surface area (Å²) in [4.78, 5) is 13.3. The lowest BCUT2D eigenvalue weighted by Crippen LogP contribution is -2.31. The van der Waals surface area contributed by atoms with E-state index < -0.39 is 5.97 Å². The zero-order valence-corrected chi connectivity index (χ0v) is 11.2. The Bertz CT molecular complexity index is 392. The first-order valence-electron chi connectivity index (χ1n) is 5.65. The zero-order chi connectivity index (χ0) is 13.5. The number of carbonyl (C=O) groups is 1. The van der Waals surface area contributed by atoms with Crippen LogP contribution in [0.5, 0.6) is 11.5 Å². The Morgan fingerprint density at radius 3 is 2.61 bits per heavy atom. The zero-order valence-electron chi connectivity index (χ0n) is 11.2. The van der Waals surface area contributed by atoms with Crippen molar-refractivity contribution >= 4 is 5.97 Å². The van der Waals surface area contributed by atoms with Crippen molar-refractivity contribution < 1.29 is 19.0 Å². The molecule has 1 atom stereocenters. The summed E-state index contributed by atoms with van der Waals surface area (Å²) in [6, 6.07) is 7.06. The summed E-state index contributed by atoms with van der Waals surface area (Å²) < 4.78 is 15.5. The van der Waals surface area contributed by atoms with Crippen LogP contribution >= 0.6 is 0 Å². The molecule has 0 amide bonds. The molecule has 1 rings (SSSR count). The van der Waals surface area contributed by atoms with Crippen molar-refractivity contribution in [3.05, 3.63) is 24.3 Å². The lowest BCUT2D eigenvalue weighted by atomic mass is 10.3. The van der Waals surface area contributed by atoms with Gasteiger partial charge < -0.3 is 14.2 Å². The van der Waals surface area contributed by atoms with Crippen molar-refractivity contribution in [3.8, 4) is 11.5 Å². The molecule has 0 aromatic heterocycles. The second-order valence-electron chi connectivity index (χ2n) is 4.02. The number of methoxy groups -OCH3 is 1. The quantitative estimate of drug-likeness (QED) is 0.568. The number of hydrogen-bond donors (Lipinski definition) is 0. The fourth-order valence-electron chi connectivity index (χ4n) is 1.16. The molecule has 1 aromatic rings. The van der Waals surface area contributed by atoms with Crippen molar-refractivity contribution in [2.45, 2.75) is 13.2 Å². The predicted molar refractivity (Wildman–Crippen MR) is 67.7 cm³/mol. The Kier molecular flexibility index (Phi) is 5.45. The Morgan fingerprint density at radius 2 is 2.00 bits per heavy atom. The second kappa shape index (κ2) is 6.86. The van der Waals surface area contributed by atoms with Crippen LogP contribution in [-0.2, 0) is 9.53 Å². The van der Waals surface area contributed by atoms with E-state index >= 15 is 0 Å². The molecule has 0 aliphatic heterocycles. The molecule has 0 aliphatic carbocycles. The fourth-order valence-corrected chi connectivity index (χ4v) is 1.16. The molecule has 100 valence electrons. The third-order valence-electron chi connectivity index (χ3n) is 2.43. The highest BCUT2D eigenvalue weighted by atomic mass is 16.6. The van der Waals surface area contributed by atoms with Crippen molar-refractivity contribution in [2.24, 2.45) is 0 Å². The lowest BCUT2D eigenvalue weighted by Gasteiger charge is -2.19. The van der Waals surface area contributed by atoms with Gasteiger partial charge in [0.25, 0.3) is 0 Å². The summed E-state index contributed by atoms with van der Waals surface area (Å²) in [5.74, 6) is 0.852. The number of ether oxygens (including phenoxy) is 3. The summed E-state index contributed by atoms with van der Waals surface area (Å²) in [7, 11) is 5.24. The molecule has 5 nitrogen and oxygen atoms in total. The van der Waals surface area contributed by atoms with Gasteiger partial charge in [0.05, 0.1) is 7.11 Å². The molecule has 1 unspecified atom stereocenters. The highest BCUT2D eigenvalue weighted by Gasteiger charge is 2.11. The van der Waals surface area contributed by atoms with Gasteiger partial charge >= 0.3 is 5.97 Å². The molecular formula is C13H19NO4. The molecule has 1 aromatic carbocycles. The van der Waals surface area contributed by atoms with E-state index in [1.807, 2.05) is 14.1 Å². The van der Waals surface area contributed by atoms with Crippen LogP contribution in [0.3, 0.4) is 0 Å². The maximum Gasteiger partial charge on any atom is 0.345 e. The highest BCUT2D eigenvalue weighted by molar-refractivity contribution is 5.71. The van der Waals surface area contributed by atoms with Crippen LogP contribution in [0.15, 0.2) is 24.3 Å². The van der Waals surface area contributed by atoms with Crippen molar-refractivity contribution in [1.82, 2.24) is 4.90 Å². The van der Waals surface area contributed by atoms with Gasteiger partial charge in [-0.15, -0.1) is 0 Å². The number of benzene rings is 1. The minimum Gasteiger partial charge on any atom is -0.497 e. The summed E-state index contributed by atoms with van der Waals surface area (Å²) in [5, 5.41) is 0. The van der Waals surface area contributed by atoms with Crippen LogP contribution < -0.4 is 9.47 Å². The SMILES string of the molecule is COc1cccc(OCC(=O)OC(C)N(C)C)c1. The van der Waals surface area contributed by atoms with Gasteiger partial charge in [0, 0.05) is 6.07 Å². The highest BCUT2D eigenvalue weighted by Crippen LogP contribution is 2.18. The van der Waals surface area contributed by atoms with Crippen molar-refractivity contribution in [1.29, 1.82) is 0 Å². The molecule has 0 radical (unpaired) electrons. The maximum absolute atomic E-state index is 11.5. The fraction of sp³-hybridized carbons (Fsp3) is 0.462. The summed E-state index contributed by atoms with van der Waals surface area (Å²) in [6.45, 7) is 1.68. The number of hydrogen-bond acceptors (Lipinski definition) is 5. The van der Waals surface area contributed by atoms with E-state index in [-0.39, 0.29) is 12.8 Å². The normalized spacial score (nSPS) is 12.1. The molecule has 0 saturated carbocycles. The van der Waals surface area contributed by atoms with Crippen molar-refractivity contribution in [2.75, 3.05) is 27.8 Å². The third-order valence-corrected chi connectivity index (χ3v) is 2.43. The molecule has 0 N–H and O–H groups in total. The molecule has 0 bridgehead atoms. The minimum atomic E-state index is -0.404. The van der Waals surface area contributed by atoms with Gasteiger partial charge in [-0.2, -0.15) is 0 Å². The Labute approximate surface area is 107 Å². The monoisotopic (exact) mass is 253 g/mol. The molecule has 0 spiro atoms. The van der Waals surface area contributed by atoms with Crippen LogP contribution in [-0.4, -0.2) is 44.9 Å². The largest absolute Gasteiger partial charge is 0.497 e. The Hall–Kier alpha value is -1.75. The van der Waals surface area contributed by atoms with Gasteiger partial charge in [-0.25, -0.2) is 4.79 Å². The topological polar surface area (TPSA) is 48.0 Å². The van der Waals surface area contributed by atoms with E-state index in [2.05, 4.69) is 0 Å². The first-order chi connectivity index (χ1) is 8.52. The molecular weight excluding hydrogens is 234 g/mol. The summed E-state index contributed by atoms with van der Waals surface area (Å²) >= 11 is 0. The average Bonchev–Trinajstić information content (AvgIpc) is 2.36. The van der Waals surface area contributed by atoms with E-state index in [9.17, 15) is 4.79 Å². The molecule has 0 heterocycles. The summed E-state index contributed by atoms with van der Waals surface area (Å²) in [6.07, 6.45) is -0.272. The predicted octanol–water partition coefficient (Wildman–Crippen LogP) is 1.52. The van der Waals surface area contributed by atoms with Crippen molar-refractivity contribution in [3.63, 3.8) is 0 Å². The number of nitrogens with zero attached hydrogens (tertiary/aromatic N) is 1. The van der Waals surface area contributed by atoms with Crippen LogP contribution in [0.2, 0.25) is 0 Å². The van der Waals surface area contributed by atoms with Gasteiger partial charge in [0.15, 0.2) is 12.8 Å². The second-order valence-corrected chi connectivity index (χ2v) is 4.02. The average molecular weight is 253 g/mol. The van der Waals surface area contributed by atoms with Crippen LogP contribution in [0.4, 0.5) is 0 Å². The number of carbonyl (C=O) groups excluding carboxylic acids is 1. The molecule has 0 saturated heterocycles. The molecule has 5 heteroatoms. The first kappa shape index (κ1) is 14.3. The van der Waals surface area contributed by atoms with Crippen LogP contribution in [0.1, 0.15) is 6.92 Å². The number of esters is 1. The van der Waals surface area contributed by atoms with E-state index in [4.69, 9.17) is 14.2 Å². The Morgan fingerprint density at radius 1 is 1.33 bits per heavy atom. The molecule has 18 heavy (non-hydrogen) atoms. The van der Waals surface area contributed by atoms with Crippen LogP contribution in [0.25, 0.3) is 0 Å². The van der Waals surface area contributed by atoms with Gasteiger partial charge in [-0.3, -0.25) is 4.90 Å². The Balaban J connectivity index is 2.42. The van der Waals surface area contributed by atoms with Gasteiger partial charge in [0.2, 0.25) is 0 Å². The maximum atomic E-state index is 11.5. The van der Waals surface area contributed by atoms with Gasteiger partial charge in [-0.1, -0.05) is 6.07 Å². The third kappa shape index (κ3) is 4.63. The lowest BCUT2D eigenvalue weighted by molar-refractivity contribution is -0.157. The number of rotatable bonds is 6. The molecule has 0 aliphatic rings. The van der Waals surface area contributed by atoms with E-state index in [1.54, 1.807) is 43.2 Å². The van der Waals surface area contributed by atoms with Crippen LogP contribution in [0, 0.1) is 0 Å². The van der Waals surface area contributed by atoms with Gasteiger partial charge in [-0.05, 0) is 33.2 Å². The first-order valence-corrected chi connectivity index (χ1v) is 5.65. The van der Waals surface area contributed by atoms with E-state index in [1.165, 1.54) is 0 Å². The summed E-state index contributed by atoms with van der Waals surface area (Å²) in [5.41, 5.74) is 0. The van der Waals surface area contributed by atoms with E-state index in [0.29, 0.717) is 11.5 Å². The minimum absolute atomic E-state index is 0.120. The van der Waals surface area contributed by atoms with E-state index in [0.717, 1.165) is 0 Å². The standard InChI is InChI=1S/C13H19NO4/c1-10(14(2)3)18-13(15)9-17-12-7-5-6-11(8-12)16-4/h5-8,10H,9H2,1-4H3. The molecule has 0 fully saturated rings. The van der Waals surface area contributed by atoms with Gasteiger partial charge in [0.1, 0.15) is 11.5 Å².